The van der Waals surface area contributed by atoms with Crippen LogP contribution < -0.4 is 11.2 Å². The maximum Gasteiger partial charge on any atom is 0.416 e. The first-order chi connectivity index (χ1) is 10.3. The third-order valence-corrected chi connectivity index (χ3v) is 3.62. The van der Waals surface area contributed by atoms with E-state index in [1.165, 1.54) is 18.3 Å². The van der Waals surface area contributed by atoms with Gasteiger partial charge in [0.05, 0.1) is 17.5 Å². The molecule has 0 atom stereocenters. The summed E-state index contributed by atoms with van der Waals surface area (Å²) < 4.78 is 37.2. The van der Waals surface area contributed by atoms with Crippen LogP contribution >= 0.6 is 11.3 Å². The molecule has 1 heterocycles. The van der Waals surface area contributed by atoms with Gasteiger partial charge in [0.25, 0.3) is 5.91 Å². The average molecular weight is 328 g/mol. The number of nitrogens with one attached hydrogen (secondary N) is 1. The van der Waals surface area contributed by atoms with Crippen LogP contribution in [0.2, 0.25) is 0 Å². The summed E-state index contributed by atoms with van der Waals surface area (Å²) >= 11 is 1.03. The Morgan fingerprint density at radius 3 is 2.50 bits per heavy atom. The minimum absolute atomic E-state index is 0.273. The molecular formula is C13H11F3N4OS. The zero-order valence-corrected chi connectivity index (χ0v) is 12.1. The predicted octanol–water partition coefficient (Wildman–Crippen LogP) is 2.82. The van der Waals surface area contributed by atoms with Crippen LogP contribution in [0.15, 0.2) is 29.4 Å². The van der Waals surface area contributed by atoms with Crippen molar-refractivity contribution in [1.29, 1.82) is 0 Å². The molecule has 9 heteroatoms. The summed E-state index contributed by atoms with van der Waals surface area (Å²) in [5.41, 5.74) is 7.92. The third kappa shape index (κ3) is 3.82. The van der Waals surface area contributed by atoms with Gasteiger partial charge >= 0.3 is 6.18 Å². The summed E-state index contributed by atoms with van der Waals surface area (Å²) in [6.45, 7) is 1.64. The number of aryl methyl sites for hydroxylation is 1. The van der Waals surface area contributed by atoms with Gasteiger partial charge in [0, 0.05) is 0 Å². The quantitative estimate of drug-likeness (QED) is 0.671. The molecule has 2 rings (SSSR count). The maximum absolute atomic E-state index is 12.4. The minimum atomic E-state index is -4.38. The molecule has 1 amide bonds. The number of nitrogens with zero attached hydrogens (tertiary/aromatic N) is 2. The highest BCUT2D eigenvalue weighted by Crippen LogP contribution is 2.28. The Hall–Kier alpha value is -2.42. The molecule has 0 fully saturated rings. The van der Waals surface area contributed by atoms with E-state index >= 15 is 0 Å². The van der Waals surface area contributed by atoms with Crippen molar-refractivity contribution in [2.45, 2.75) is 13.1 Å². The molecule has 2 aromatic rings. The normalized spacial score (nSPS) is 11.8. The van der Waals surface area contributed by atoms with Gasteiger partial charge < -0.3 is 5.73 Å². The number of alkyl halides is 3. The maximum atomic E-state index is 12.4. The summed E-state index contributed by atoms with van der Waals surface area (Å²) in [6, 6.07) is 4.40. The number of halogens is 3. The number of aromatic nitrogens is 1. The van der Waals surface area contributed by atoms with Gasteiger partial charge in [-0.2, -0.15) is 18.3 Å². The number of anilines is 1. The van der Waals surface area contributed by atoms with Gasteiger partial charge in [-0.1, -0.05) is 23.5 Å². The van der Waals surface area contributed by atoms with Crippen molar-refractivity contribution in [3.63, 3.8) is 0 Å². The Kier molecular flexibility index (Phi) is 4.45. The first-order valence-corrected chi connectivity index (χ1v) is 6.82. The standard InChI is InChI=1S/C13H11F3N4OS/c1-7-10(22-12(17)19-7)11(21)20-18-6-8-2-4-9(5-3-8)13(14,15)16/h2-6H,1H3,(H2,17,19)(H,20,21)/b18-6-. The van der Waals surface area contributed by atoms with E-state index < -0.39 is 17.6 Å². The molecular weight excluding hydrogens is 317 g/mol. The number of benzene rings is 1. The van der Waals surface area contributed by atoms with Crippen molar-refractivity contribution in [2.75, 3.05) is 5.73 Å². The van der Waals surface area contributed by atoms with E-state index in [2.05, 4.69) is 15.5 Å². The van der Waals surface area contributed by atoms with Gasteiger partial charge in [-0.05, 0) is 24.6 Å². The van der Waals surface area contributed by atoms with E-state index in [9.17, 15) is 18.0 Å². The SMILES string of the molecule is Cc1nc(N)sc1C(=O)N/N=C\c1ccc(C(F)(F)F)cc1. The molecule has 0 aliphatic heterocycles. The van der Waals surface area contributed by atoms with Gasteiger partial charge in [-0.25, -0.2) is 10.4 Å². The molecule has 0 unspecified atom stereocenters. The Bertz CT molecular complexity index is 707. The van der Waals surface area contributed by atoms with Crippen molar-refractivity contribution in [1.82, 2.24) is 10.4 Å². The van der Waals surface area contributed by atoms with Crippen LogP contribution in [0.4, 0.5) is 18.3 Å². The zero-order chi connectivity index (χ0) is 16.3. The van der Waals surface area contributed by atoms with Gasteiger partial charge in [-0.3, -0.25) is 4.79 Å². The molecule has 0 bridgehead atoms. The van der Waals surface area contributed by atoms with E-state index in [-0.39, 0.29) is 5.13 Å². The molecule has 0 aliphatic rings. The van der Waals surface area contributed by atoms with Gasteiger partial charge in [0.1, 0.15) is 4.88 Å². The summed E-state index contributed by atoms with van der Waals surface area (Å²) in [5, 5.41) is 3.96. The van der Waals surface area contributed by atoms with Crippen LogP contribution in [0.1, 0.15) is 26.5 Å². The number of hydrazone groups is 1. The number of amides is 1. The van der Waals surface area contributed by atoms with Crippen molar-refractivity contribution >= 4 is 28.6 Å². The monoisotopic (exact) mass is 328 g/mol. The van der Waals surface area contributed by atoms with Gasteiger partial charge in [0.15, 0.2) is 5.13 Å². The highest BCUT2D eigenvalue weighted by Gasteiger charge is 2.29. The second-order valence-electron chi connectivity index (χ2n) is 4.29. The van der Waals surface area contributed by atoms with E-state index in [4.69, 9.17) is 5.73 Å². The van der Waals surface area contributed by atoms with Gasteiger partial charge in [0.2, 0.25) is 0 Å². The lowest BCUT2D eigenvalue weighted by Crippen LogP contribution is -2.17. The fourth-order valence-electron chi connectivity index (χ4n) is 1.60. The Morgan fingerprint density at radius 1 is 1.36 bits per heavy atom. The van der Waals surface area contributed by atoms with Crippen LogP contribution in [0.5, 0.6) is 0 Å². The molecule has 0 spiro atoms. The zero-order valence-electron chi connectivity index (χ0n) is 11.3. The second kappa shape index (κ2) is 6.14. The summed E-state index contributed by atoms with van der Waals surface area (Å²) in [4.78, 5) is 16.0. The van der Waals surface area contributed by atoms with Crippen LogP contribution in [0.25, 0.3) is 0 Å². The number of hydrogen-bond donors (Lipinski definition) is 2. The number of nitrogens with two attached hydrogens (primary N) is 1. The van der Waals surface area contributed by atoms with Crippen LogP contribution in [0, 0.1) is 6.92 Å². The third-order valence-electron chi connectivity index (χ3n) is 2.64. The highest BCUT2D eigenvalue weighted by molar-refractivity contribution is 7.17. The number of rotatable bonds is 3. The molecule has 0 saturated carbocycles. The van der Waals surface area contributed by atoms with Crippen molar-refractivity contribution in [2.24, 2.45) is 5.10 Å². The van der Waals surface area contributed by atoms with Gasteiger partial charge in [-0.15, -0.1) is 0 Å². The number of hydrogen-bond acceptors (Lipinski definition) is 5. The number of nitrogen functional groups attached to an aromatic ring is 1. The molecule has 0 aliphatic carbocycles. The first-order valence-electron chi connectivity index (χ1n) is 6.01. The van der Waals surface area contributed by atoms with Crippen molar-refractivity contribution < 1.29 is 18.0 Å². The topological polar surface area (TPSA) is 80.4 Å². The van der Waals surface area contributed by atoms with E-state index in [1.807, 2.05) is 0 Å². The lowest BCUT2D eigenvalue weighted by atomic mass is 10.1. The molecule has 1 aromatic carbocycles. The summed E-state index contributed by atoms with van der Waals surface area (Å²) in [7, 11) is 0. The largest absolute Gasteiger partial charge is 0.416 e. The molecule has 3 N–H and O–H groups in total. The second-order valence-corrected chi connectivity index (χ2v) is 5.32. The lowest BCUT2D eigenvalue weighted by Gasteiger charge is -2.05. The minimum Gasteiger partial charge on any atom is -0.375 e. The summed E-state index contributed by atoms with van der Waals surface area (Å²) in [6.07, 6.45) is -3.13. The predicted molar refractivity (Wildman–Crippen MR) is 77.8 cm³/mol. The number of carbonyl (C=O) groups is 1. The lowest BCUT2D eigenvalue weighted by molar-refractivity contribution is -0.137. The van der Waals surface area contributed by atoms with E-state index in [0.29, 0.717) is 16.1 Å². The van der Waals surface area contributed by atoms with Crippen LogP contribution in [-0.2, 0) is 6.18 Å². The fraction of sp³-hybridized carbons (Fsp3) is 0.154. The van der Waals surface area contributed by atoms with Crippen LogP contribution in [-0.4, -0.2) is 17.1 Å². The number of thiazole rings is 1. The van der Waals surface area contributed by atoms with Crippen molar-refractivity contribution in [3.05, 3.63) is 46.0 Å². The fourth-order valence-corrected chi connectivity index (χ4v) is 2.33. The average Bonchev–Trinajstić information content (AvgIpc) is 2.77. The summed E-state index contributed by atoms with van der Waals surface area (Å²) in [5.74, 6) is -0.477. The Balaban J connectivity index is 2.01. The van der Waals surface area contributed by atoms with E-state index in [1.54, 1.807) is 6.92 Å². The molecule has 0 saturated heterocycles. The van der Waals surface area contributed by atoms with Crippen molar-refractivity contribution in [3.8, 4) is 0 Å². The smallest absolute Gasteiger partial charge is 0.375 e. The molecule has 1 aromatic heterocycles. The van der Waals surface area contributed by atoms with Crippen LogP contribution in [0.3, 0.4) is 0 Å². The van der Waals surface area contributed by atoms with E-state index in [0.717, 1.165) is 23.5 Å². The highest BCUT2D eigenvalue weighted by atomic mass is 32.1. The Morgan fingerprint density at radius 2 is 2.00 bits per heavy atom. The number of carbonyl (C=O) groups excluding carboxylic acids is 1. The molecule has 5 nitrogen and oxygen atoms in total. The molecule has 22 heavy (non-hydrogen) atoms. The molecule has 116 valence electrons. The first kappa shape index (κ1) is 16.0. The molecule has 0 radical (unpaired) electrons. The Labute approximate surface area is 127 Å².